The van der Waals surface area contributed by atoms with Gasteiger partial charge in [0.25, 0.3) is 0 Å². The van der Waals surface area contributed by atoms with Crippen molar-refractivity contribution in [1.29, 1.82) is 0 Å². The molecule has 8 nitrogen and oxygen atoms in total. The summed E-state index contributed by atoms with van der Waals surface area (Å²) in [5.74, 6) is 1.82. The standard InChI is InChI=1S/C26H30BrN7O/c27-23-22(18-10-11-19-20(13-18)33-34-24(19)29)31-25(32-23)21(12-15-4-2-1-3-5-15)30-26(35)17-8-6-16(14-28)7-9-17/h1-5,10-11,13,16-17,21H,6-9,12,14,28H2,(H,30,35)(H,31,32)(H3,29,33,34). The van der Waals surface area contributed by atoms with E-state index in [0.717, 1.165) is 58.0 Å². The lowest BCUT2D eigenvalue weighted by Crippen LogP contribution is -2.37. The minimum Gasteiger partial charge on any atom is -0.382 e. The van der Waals surface area contributed by atoms with Crippen LogP contribution in [0.5, 0.6) is 0 Å². The third-order valence-electron chi connectivity index (χ3n) is 7.02. The van der Waals surface area contributed by atoms with Gasteiger partial charge in [-0.2, -0.15) is 5.10 Å². The number of carbonyl (C=O) groups excluding carboxylic acids is 1. The van der Waals surface area contributed by atoms with Gasteiger partial charge in [0.1, 0.15) is 16.1 Å². The molecule has 0 saturated heterocycles. The number of hydrogen-bond donors (Lipinski definition) is 5. The van der Waals surface area contributed by atoms with Crippen molar-refractivity contribution in [3.8, 4) is 11.3 Å². The van der Waals surface area contributed by atoms with E-state index in [1.807, 2.05) is 36.4 Å². The Morgan fingerprint density at radius 1 is 1.14 bits per heavy atom. The van der Waals surface area contributed by atoms with Gasteiger partial charge in [-0.15, -0.1) is 0 Å². The van der Waals surface area contributed by atoms with Crippen LogP contribution in [-0.2, 0) is 11.2 Å². The van der Waals surface area contributed by atoms with Crippen LogP contribution in [0.2, 0.25) is 0 Å². The maximum Gasteiger partial charge on any atom is 0.223 e. The van der Waals surface area contributed by atoms with Gasteiger partial charge in [0.05, 0.1) is 11.6 Å². The molecule has 1 saturated carbocycles. The van der Waals surface area contributed by atoms with Crippen molar-refractivity contribution in [2.24, 2.45) is 17.6 Å². The summed E-state index contributed by atoms with van der Waals surface area (Å²) >= 11 is 3.64. The highest BCUT2D eigenvalue weighted by atomic mass is 79.9. The van der Waals surface area contributed by atoms with Gasteiger partial charge in [-0.05, 0) is 78.2 Å². The van der Waals surface area contributed by atoms with Crippen LogP contribution >= 0.6 is 15.9 Å². The molecule has 2 heterocycles. The van der Waals surface area contributed by atoms with Crippen molar-refractivity contribution in [3.63, 3.8) is 0 Å². The Labute approximate surface area is 212 Å². The van der Waals surface area contributed by atoms with Gasteiger partial charge >= 0.3 is 0 Å². The Balaban J connectivity index is 1.41. The minimum atomic E-state index is -0.284. The second kappa shape index (κ2) is 10.2. The summed E-state index contributed by atoms with van der Waals surface area (Å²) in [4.78, 5) is 21.5. The Morgan fingerprint density at radius 2 is 1.91 bits per heavy atom. The van der Waals surface area contributed by atoms with Gasteiger partial charge in [-0.1, -0.05) is 36.4 Å². The summed E-state index contributed by atoms with van der Waals surface area (Å²) in [6, 6.07) is 15.8. The number of anilines is 1. The number of aromatic nitrogens is 4. The first-order chi connectivity index (χ1) is 17.0. The average molecular weight is 536 g/mol. The predicted molar refractivity (Wildman–Crippen MR) is 141 cm³/mol. The normalized spacial score (nSPS) is 19.0. The number of amides is 1. The van der Waals surface area contributed by atoms with E-state index in [4.69, 9.17) is 16.5 Å². The van der Waals surface area contributed by atoms with Crippen molar-refractivity contribution in [2.45, 2.75) is 38.1 Å². The number of carbonyl (C=O) groups is 1. The van der Waals surface area contributed by atoms with Gasteiger partial charge in [0, 0.05) is 16.9 Å². The Bertz CT molecular complexity index is 1310. The summed E-state index contributed by atoms with van der Waals surface area (Å²) < 4.78 is 0.759. The van der Waals surface area contributed by atoms with Gasteiger partial charge in [-0.25, -0.2) is 4.98 Å². The molecule has 2 aromatic carbocycles. The molecule has 1 aliphatic carbocycles. The van der Waals surface area contributed by atoms with E-state index in [1.54, 1.807) is 0 Å². The maximum atomic E-state index is 13.3. The third kappa shape index (κ3) is 5.11. The number of halogens is 1. The fourth-order valence-electron chi connectivity index (χ4n) is 4.93. The van der Waals surface area contributed by atoms with Crippen LogP contribution in [0.1, 0.15) is 43.1 Å². The smallest absolute Gasteiger partial charge is 0.223 e. The van der Waals surface area contributed by atoms with Crippen molar-refractivity contribution in [2.75, 3.05) is 12.3 Å². The third-order valence-corrected chi connectivity index (χ3v) is 7.60. The minimum absolute atomic E-state index is 0.0159. The Kier molecular flexibility index (Phi) is 6.88. The predicted octanol–water partition coefficient (Wildman–Crippen LogP) is 4.46. The molecule has 7 N–H and O–H groups in total. The van der Waals surface area contributed by atoms with Gasteiger partial charge < -0.3 is 21.8 Å². The lowest BCUT2D eigenvalue weighted by Gasteiger charge is -2.28. The van der Waals surface area contributed by atoms with Crippen molar-refractivity contribution >= 4 is 38.6 Å². The Hall–Kier alpha value is -3.17. The molecular weight excluding hydrogens is 506 g/mol. The Morgan fingerprint density at radius 3 is 2.66 bits per heavy atom. The molecular formula is C26H30BrN7O. The second-order valence-corrected chi connectivity index (χ2v) is 10.2. The average Bonchev–Trinajstić information content (AvgIpc) is 3.46. The summed E-state index contributed by atoms with van der Waals surface area (Å²) in [5.41, 5.74) is 15.4. The highest BCUT2D eigenvalue weighted by Crippen LogP contribution is 2.33. The number of imidazole rings is 1. The van der Waals surface area contributed by atoms with Crippen LogP contribution in [0, 0.1) is 11.8 Å². The zero-order chi connectivity index (χ0) is 24.4. The zero-order valence-electron chi connectivity index (χ0n) is 19.4. The highest BCUT2D eigenvalue weighted by molar-refractivity contribution is 9.10. The topological polar surface area (TPSA) is 138 Å². The number of nitrogen functional groups attached to an aromatic ring is 1. The van der Waals surface area contributed by atoms with E-state index in [-0.39, 0.29) is 17.9 Å². The number of nitrogens with zero attached hydrogens (tertiary/aromatic N) is 2. The molecule has 182 valence electrons. The number of aromatic amines is 2. The summed E-state index contributed by atoms with van der Waals surface area (Å²) in [6.45, 7) is 0.700. The van der Waals surface area contributed by atoms with Crippen LogP contribution in [-0.4, -0.2) is 32.6 Å². The first kappa shape index (κ1) is 23.6. The molecule has 0 spiro atoms. The molecule has 0 radical (unpaired) electrons. The first-order valence-corrected chi connectivity index (χ1v) is 12.8. The fraction of sp³-hybridized carbons (Fsp3) is 0.346. The van der Waals surface area contributed by atoms with Crippen molar-refractivity contribution in [3.05, 3.63) is 64.5 Å². The fourth-order valence-corrected chi connectivity index (χ4v) is 5.45. The number of nitrogens with two attached hydrogens (primary N) is 2. The molecule has 1 atom stereocenters. The zero-order valence-corrected chi connectivity index (χ0v) is 21.0. The molecule has 1 aliphatic rings. The lowest BCUT2D eigenvalue weighted by molar-refractivity contribution is -0.127. The SMILES string of the molecule is NCC1CCC(C(=O)NC(Cc2ccccc2)c2nc(-c3ccc4c(N)n[nH]c4c3)c(Br)[nH]2)CC1. The number of hydrogen-bond acceptors (Lipinski definition) is 5. The van der Waals surface area contributed by atoms with E-state index in [1.165, 1.54) is 0 Å². The number of rotatable bonds is 7. The van der Waals surface area contributed by atoms with Crippen molar-refractivity contribution in [1.82, 2.24) is 25.5 Å². The van der Waals surface area contributed by atoms with E-state index in [9.17, 15) is 4.79 Å². The molecule has 5 rings (SSSR count). The summed E-state index contributed by atoms with van der Waals surface area (Å²) in [7, 11) is 0. The number of fused-ring (bicyclic) bond motifs is 1. The first-order valence-electron chi connectivity index (χ1n) is 12.1. The lowest BCUT2D eigenvalue weighted by atomic mass is 9.81. The van der Waals surface area contributed by atoms with E-state index in [0.29, 0.717) is 30.5 Å². The molecule has 0 aliphatic heterocycles. The molecule has 0 bridgehead atoms. The van der Waals surface area contributed by atoms with Crippen LogP contribution in [0.25, 0.3) is 22.2 Å². The van der Waals surface area contributed by atoms with E-state index < -0.39 is 0 Å². The van der Waals surface area contributed by atoms with E-state index >= 15 is 0 Å². The monoisotopic (exact) mass is 535 g/mol. The maximum absolute atomic E-state index is 13.3. The second-order valence-electron chi connectivity index (χ2n) is 9.36. The number of H-pyrrole nitrogens is 2. The quantitative estimate of drug-likeness (QED) is 0.237. The van der Waals surface area contributed by atoms with Gasteiger partial charge in [0.15, 0.2) is 5.82 Å². The molecule has 9 heteroatoms. The van der Waals surface area contributed by atoms with Gasteiger partial charge in [-0.3, -0.25) is 9.89 Å². The van der Waals surface area contributed by atoms with E-state index in [2.05, 4.69) is 48.6 Å². The van der Waals surface area contributed by atoms with Crippen LogP contribution < -0.4 is 16.8 Å². The summed E-state index contributed by atoms with van der Waals surface area (Å²) in [6.07, 6.45) is 4.42. The van der Waals surface area contributed by atoms with Crippen LogP contribution in [0.3, 0.4) is 0 Å². The molecule has 4 aromatic rings. The van der Waals surface area contributed by atoms with Crippen LogP contribution in [0.4, 0.5) is 5.82 Å². The molecule has 35 heavy (non-hydrogen) atoms. The molecule has 1 unspecified atom stereocenters. The molecule has 1 fully saturated rings. The molecule has 2 aromatic heterocycles. The highest BCUT2D eigenvalue weighted by Gasteiger charge is 2.29. The van der Waals surface area contributed by atoms with Crippen molar-refractivity contribution < 1.29 is 4.79 Å². The number of benzene rings is 2. The van der Waals surface area contributed by atoms with Gasteiger partial charge in [0.2, 0.25) is 5.91 Å². The number of nitrogens with one attached hydrogen (secondary N) is 3. The van der Waals surface area contributed by atoms with Crippen LogP contribution in [0.15, 0.2) is 53.1 Å². The summed E-state index contributed by atoms with van der Waals surface area (Å²) in [5, 5.41) is 11.2. The largest absolute Gasteiger partial charge is 0.382 e. The molecule has 1 amide bonds.